The number of pyridine rings is 1. The molecule has 0 fully saturated rings. The molecule has 1 rings (SSSR count). The van der Waals surface area contributed by atoms with Crippen molar-refractivity contribution < 1.29 is 5.11 Å². The topological polar surface area (TPSA) is 68.9 Å². The number of hydrogen-bond donors (Lipinski definition) is 2. The highest BCUT2D eigenvalue weighted by molar-refractivity contribution is 5.51. The van der Waals surface area contributed by atoms with Crippen molar-refractivity contribution in [3.05, 3.63) is 23.9 Å². The molecule has 1 aromatic heterocycles. The number of anilines is 1. The molecule has 0 aliphatic carbocycles. The summed E-state index contributed by atoms with van der Waals surface area (Å²) in [5.41, 5.74) is 0.558. The predicted octanol–water partition coefficient (Wildman–Crippen LogP) is 2.16. The SMILES string of the molecule is CC[C@H](C[C@H](C)CO)Nc1ncccc1C#N. The van der Waals surface area contributed by atoms with Crippen LogP contribution in [-0.4, -0.2) is 22.7 Å². The first kappa shape index (κ1) is 13.5. The van der Waals surface area contributed by atoms with Crippen LogP contribution >= 0.6 is 0 Å². The molecule has 0 spiro atoms. The summed E-state index contributed by atoms with van der Waals surface area (Å²) in [6.07, 6.45) is 3.48. The molecule has 2 atom stereocenters. The van der Waals surface area contributed by atoms with Gasteiger partial charge in [0.05, 0.1) is 5.56 Å². The maximum atomic E-state index is 9.05. The summed E-state index contributed by atoms with van der Waals surface area (Å²) >= 11 is 0. The van der Waals surface area contributed by atoms with E-state index >= 15 is 0 Å². The summed E-state index contributed by atoms with van der Waals surface area (Å²) in [6, 6.07) is 5.85. The molecular formula is C13H19N3O. The average molecular weight is 233 g/mol. The zero-order valence-corrected chi connectivity index (χ0v) is 10.3. The number of aliphatic hydroxyl groups is 1. The third-order valence-corrected chi connectivity index (χ3v) is 2.76. The standard InChI is InChI=1S/C13H19N3O/c1-3-12(7-10(2)9-17)16-13-11(8-14)5-4-6-15-13/h4-6,10,12,17H,3,7,9H2,1-2H3,(H,15,16)/t10-,12+/m0/s1. The number of aromatic nitrogens is 1. The molecule has 92 valence electrons. The van der Waals surface area contributed by atoms with E-state index in [0.29, 0.717) is 11.4 Å². The first-order valence-corrected chi connectivity index (χ1v) is 5.93. The summed E-state index contributed by atoms with van der Waals surface area (Å²) in [7, 11) is 0. The van der Waals surface area contributed by atoms with Crippen LogP contribution in [0.3, 0.4) is 0 Å². The van der Waals surface area contributed by atoms with Gasteiger partial charge in [0.25, 0.3) is 0 Å². The maximum absolute atomic E-state index is 9.05. The molecule has 1 heterocycles. The molecule has 4 heteroatoms. The summed E-state index contributed by atoms with van der Waals surface area (Å²) in [5, 5.41) is 21.3. The molecule has 0 radical (unpaired) electrons. The van der Waals surface area contributed by atoms with Gasteiger partial charge in [-0.2, -0.15) is 5.26 Å². The van der Waals surface area contributed by atoms with Gasteiger partial charge in [-0.3, -0.25) is 0 Å². The number of rotatable bonds is 6. The van der Waals surface area contributed by atoms with Gasteiger partial charge in [-0.15, -0.1) is 0 Å². The maximum Gasteiger partial charge on any atom is 0.144 e. The lowest BCUT2D eigenvalue weighted by Gasteiger charge is -2.20. The minimum absolute atomic E-state index is 0.186. The molecule has 0 saturated carbocycles. The first-order valence-electron chi connectivity index (χ1n) is 5.93. The highest BCUT2D eigenvalue weighted by Crippen LogP contribution is 2.16. The van der Waals surface area contributed by atoms with Crippen molar-refractivity contribution >= 4 is 5.82 Å². The highest BCUT2D eigenvalue weighted by atomic mass is 16.3. The van der Waals surface area contributed by atoms with Gasteiger partial charge in [-0.05, 0) is 30.9 Å². The van der Waals surface area contributed by atoms with Gasteiger partial charge in [-0.1, -0.05) is 13.8 Å². The molecule has 4 nitrogen and oxygen atoms in total. The molecular weight excluding hydrogens is 214 g/mol. The Kier molecular flexibility index (Phi) is 5.44. The Hall–Kier alpha value is -1.60. The van der Waals surface area contributed by atoms with Crippen molar-refractivity contribution in [3.8, 4) is 6.07 Å². The Balaban J connectivity index is 2.71. The Bertz CT molecular complexity index is 386. The molecule has 0 unspecified atom stereocenters. The van der Waals surface area contributed by atoms with Crippen molar-refractivity contribution in [1.29, 1.82) is 5.26 Å². The second-order valence-corrected chi connectivity index (χ2v) is 4.28. The summed E-state index contributed by atoms with van der Waals surface area (Å²) in [4.78, 5) is 4.17. The number of nitrogens with zero attached hydrogens (tertiary/aromatic N) is 2. The van der Waals surface area contributed by atoms with E-state index in [1.807, 2.05) is 6.92 Å². The Morgan fingerprint density at radius 1 is 1.59 bits per heavy atom. The minimum atomic E-state index is 0.186. The zero-order valence-electron chi connectivity index (χ0n) is 10.3. The lowest BCUT2D eigenvalue weighted by atomic mass is 10.0. The molecule has 0 bridgehead atoms. The van der Waals surface area contributed by atoms with Crippen molar-refractivity contribution in [1.82, 2.24) is 4.98 Å². The molecule has 2 N–H and O–H groups in total. The van der Waals surface area contributed by atoms with E-state index in [9.17, 15) is 0 Å². The fourth-order valence-corrected chi connectivity index (χ4v) is 1.69. The van der Waals surface area contributed by atoms with E-state index in [1.165, 1.54) is 0 Å². The summed E-state index contributed by atoms with van der Waals surface area (Å²) in [5.74, 6) is 0.883. The number of hydrogen-bond acceptors (Lipinski definition) is 4. The largest absolute Gasteiger partial charge is 0.396 e. The van der Waals surface area contributed by atoms with Crippen LogP contribution in [0.1, 0.15) is 32.3 Å². The van der Waals surface area contributed by atoms with Crippen LogP contribution < -0.4 is 5.32 Å². The number of nitriles is 1. The van der Waals surface area contributed by atoms with Gasteiger partial charge in [-0.25, -0.2) is 4.98 Å². The van der Waals surface area contributed by atoms with Crippen LogP contribution in [0.25, 0.3) is 0 Å². The van der Waals surface area contributed by atoms with Gasteiger partial charge in [0.15, 0.2) is 0 Å². The van der Waals surface area contributed by atoms with Crippen molar-refractivity contribution in [2.24, 2.45) is 5.92 Å². The van der Waals surface area contributed by atoms with Gasteiger partial charge >= 0.3 is 0 Å². The minimum Gasteiger partial charge on any atom is -0.396 e. The molecule has 1 aromatic rings. The van der Waals surface area contributed by atoms with E-state index in [-0.39, 0.29) is 18.6 Å². The lowest BCUT2D eigenvalue weighted by Crippen LogP contribution is -2.23. The fraction of sp³-hybridized carbons (Fsp3) is 0.538. The van der Waals surface area contributed by atoms with Crippen LogP contribution in [0.15, 0.2) is 18.3 Å². The zero-order chi connectivity index (χ0) is 12.7. The van der Waals surface area contributed by atoms with E-state index in [0.717, 1.165) is 12.8 Å². The quantitative estimate of drug-likeness (QED) is 0.790. The number of nitrogens with one attached hydrogen (secondary N) is 1. The van der Waals surface area contributed by atoms with Crippen molar-refractivity contribution in [3.63, 3.8) is 0 Å². The van der Waals surface area contributed by atoms with Crippen LogP contribution in [-0.2, 0) is 0 Å². The third kappa shape index (κ3) is 4.04. The molecule has 0 aromatic carbocycles. The van der Waals surface area contributed by atoms with Gasteiger partial charge in [0, 0.05) is 18.8 Å². The molecule has 0 aliphatic rings. The first-order chi connectivity index (χ1) is 8.21. The second-order valence-electron chi connectivity index (χ2n) is 4.28. The highest BCUT2D eigenvalue weighted by Gasteiger charge is 2.13. The summed E-state index contributed by atoms with van der Waals surface area (Å²) < 4.78 is 0. The Labute approximate surface area is 102 Å². The molecule has 0 amide bonds. The van der Waals surface area contributed by atoms with E-state index in [1.54, 1.807) is 18.3 Å². The lowest BCUT2D eigenvalue weighted by molar-refractivity contribution is 0.224. The van der Waals surface area contributed by atoms with Crippen LogP contribution in [0.5, 0.6) is 0 Å². The van der Waals surface area contributed by atoms with Gasteiger partial charge in [0.2, 0.25) is 0 Å². The molecule has 17 heavy (non-hydrogen) atoms. The monoisotopic (exact) mass is 233 g/mol. The normalized spacial score (nSPS) is 13.8. The van der Waals surface area contributed by atoms with Crippen molar-refractivity contribution in [2.75, 3.05) is 11.9 Å². The van der Waals surface area contributed by atoms with Gasteiger partial charge < -0.3 is 10.4 Å². The average Bonchev–Trinajstić information content (AvgIpc) is 2.38. The van der Waals surface area contributed by atoms with E-state index < -0.39 is 0 Å². The fourth-order valence-electron chi connectivity index (χ4n) is 1.69. The second kappa shape index (κ2) is 6.87. The van der Waals surface area contributed by atoms with E-state index in [4.69, 9.17) is 10.4 Å². The predicted molar refractivity (Wildman–Crippen MR) is 67.5 cm³/mol. The van der Waals surface area contributed by atoms with Crippen LogP contribution in [0.4, 0.5) is 5.82 Å². The Morgan fingerprint density at radius 2 is 2.35 bits per heavy atom. The smallest absolute Gasteiger partial charge is 0.144 e. The third-order valence-electron chi connectivity index (χ3n) is 2.76. The Morgan fingerprint density at radius 3 is 2.94 bits per heavy atom. The molecule has 0 aliphatic heterocycles. The van der Waals surface area contributed by atoms with Crippen LogP contribution in [0.2, 0.25) is 0 Å². The van der Waals surface area contributed by atoms with E-state index in [2.05, 4.69) is 23.3 Å². The van der Waals surface area contributed by atoms with Gasteiger partial charge in [0.1, 0.15) is 11.9 Å². The van der Waals surface area contributed by atoms with Crippen LogP contribution in [0, 0.1) is 17.2 Å². The number of aliphatic hydroxyl groups excluding tert-OH is 1. The summed E-state index contributed by atoms with van der Waals surface area (Å²) in [6.45, 7) is 4.27. The molecule has 0 saturated heterocycles. The van der Waals surface area contributed by atoms with Crippen molar-refractivity contribution in [2.45, 2.75) is 32.7 Å².